The van der Waals surface area contributed by atoms with E-state index in [1.165, 1.54) is 6.92 Å². The van der Waals surface area contributed by atoms with Crippen LogP contribution >= 0.6 is 0 Å². The smallest absolute Gasteiger partial charge is 0.338 e. The van der Waals surface area contributed by atoms with E-state index in [2.05, 4.69) is 0 Å². The normalized spacial score (nSPS) is 12.7. The summed E-state index contributed by atoms with van der Waals surface area (Å²) in [6, 6.07) is 0. The van der Waals surface area contributed by atoms with E-state index in [1.807, 2.05) is 4.98 Å². The Balaban J connectivity index is 3.47. The molecule has 3 N–H and O–H groups in total. The van der Waals surface area contributed by atoms with Gasteiger partial charge in [-0.3, -0.25) is 4.98 Å². The van der Waals surface area contributed by atoms with E-state index < -0.39 is 29.9 Å². The molecule has 1 aromatic heterocycles. The number of rotatable bonds is 3. The molecule has 1 atom stereocenters. The molecule has 0 aromatic carbocycles. The Morgan fingerprint density at radius 3 is 2.27 bits per heavy atom. The molecule has 0 aliphatic carbocycles. The van der Waals surface area contributed by atoms with Gasteiger partial charge in [0, 0.05) is 0 Å². The number of aromatic nitrogens is 3. The molecule has 0 saturated heterocycles. The summed E-state index contributed by atoms with van der Waals surface area (Å²) in [5, 5.41) is 17.7. The van der Waals surface area contributed by atoms with Crippen LogP contribution < -0.4 is 17.1 Å². The number of nitrogens with zero attached hydrogens (tertiary/aromatic N) is 2. The van der Waals surface area contributed by atoms with Crippen LogP contribution in [-0.2, 0) is 13.3 Å². The first-order chi connectivity index (χ1) is 6.97. The van der Waals surface area contributed by atoms with Gasteiger partial charge in [0.25, 0.3) is 0 Å². The molecule has 1 heterocycles. The van der Waals surface area contributed by atoms with E-state index in [9.17, 15) is 14.4 Å². The summed E-state index contributed by atoms with van der Waals surface area (Å²) in [4.78, 5) is 35.4. The van der Waals surface area contributed by atoms with Crippen LogP contribution in [0.5, 0.6) is 0 Å². The van der Waals surface area contributed by atoms with Crippen molar-refractivity contribution in [3.05, 3.63) is 31.5 Å². The fraction of sp³-hybridized carbons (Fsp3) is 0.571. The molecule has 0 aliphatic heterocycles. The van der Waals surface area contributed by atoms with Gasteiger partial charge in [0.1, 0.15) is 6.73 Å². The van der Waals surface area contributed by atoms with Crippen molar-refractivity contribution in [1.29, 1.82) is 0 Å². The summed E-state index contributed by atoms with van der Waals surface area (Å²) in [5.41, 5.74) is -2.84. The minimum absolute atomic E-state index is 0.242. The molecule has 0 amide bonds. The molecule has 0 spiro atoms. The Labute approximate surface area is 83.0 Å². The maximum atomic E-state index is 11.4. The Kier molecular flexibility index (Phi) is 3.22. The van der Waals surface area contributed by atoms with Crippen LogP contribution in [0.4, 0.5) is 0 Å². The molecule has 1 unspecified atom stereocenters. The zero-order chi connectivity index (χ0) is 11.6. The summed E-state index contributed by atoms with van der Waals surface area (Å²) in [5.74, 6) is 0. The van der Waals surface area contributed by atoms with Gasteiger partial charge in [-0.05, 0) is 6.92 Å². The predicted molar refractivity (Wildman–Crippen MR) is 49.5 cm³/mol. The molecule has 0 aliphatic rings. The van der Waals surface area contributed by atoms with Gasteiger partial charge in [-0.25, -0.2) is 23.5 Å². The molecule has 0 radical (unpaired) electrons. The number of H-pyrrole nitrogens is 1. The third-order valence-corrected chi connectivity index (χ3v) is 1.75. The lowest BCUT2D eigenvalue weighted by Crippen LogP contribution is -2.50. The van der Waals surface area contributed by atoms with Crippen molar-refractivity contribution in [2.24, 2.45) is 0 Å². The molecule has 0 bridgehead atoms. The van der Waals surface area contributed by atoms with Crippen molar-refractivity contribution in [3.63, 3.8) is 0 Å². The van der Waals surface area contributed by atoms with E-state index in [0.29, 0.717) is 9.13 Å². The minimum Gasteiger partial charge on any atom is -0.392 e. The Morgan fingerprint density at radius 2 is 1.80 bits per heavy atom. The third kappa shape index (κ3) is 2.22. The fourth-order valence-corrected chi connectivity index (χ4v) is 1.10. The van der Waals surface area contributed by atoms with Crippen molar-refractivity contribution in [1.82, 2.24) is 14.1 Å². The second-order valence-electron chi connectivity index (χ2n) is 3.05. The first-order valence-corrected chi connectivity index (χ1v) is 4.20. The summed E-state index contributed by atoms with van der Waals surface area (Å²) >= 11 is 0. The number of aliphatic hydroxyl groups is 2. The van der Waals surface area contributed by atoms with Gasteiger partial charge >= 0.3 is 17.1 Å². The monoisotopic (exact) mass is 217 g/mol. The average molecular weight is 217 g/mol. The third-order valence-electron chi connectivity index (χ3n) is 1.75. The summed E-state index contributed by atoms with van der Waals surface area (Å²) < 4.78 is 1.09. The zero-order valence-corrected chi connectivity index (χ0v) is 8.01. The SMILES string of the molecule is CC(O)Cn1c(=O)[nH]c(=O)n(CO)c1=O. The number of aliphatic hydroxyl groups excluding tert-OH is 2. The molecule has 8 heteroatoms. The highest BCUT2D eigenvalue weighted by atomic mass is 16.3. The largest absolute Gasteiger partial charge is 0.392 e. The van der Waals surface area contributed by atoms with E-state index in [4.69, 9.17) is 10.2 Å². The van der Waals surface area contributed by atoms with Crippen LogP contribution in [-0.4, -0.2) is 30.4 Å². The second-order valence-corrected chi connectivity index (χ2v) is 3.05. The number of hydrogen-bond donors (Lipinski definition) is 3. The lowest BCUT2D eigenvalue weighted by atomic mass is 10.4. The minimum atomic E-state index is -0.977. The molecule has 84 valence electrons. The lowest BCUT2D eigenvalue weighted by Gasteiger charge is -2.08. The van der Waals surface area contributed by atoms with Crippen molar-refractivity contribution in [3.8, 4) is 0 Å². The zero-order valence-electron chi connectivity index (χ0n) is 8.01. The van der Waals surface area contributed by atoms with Crippen LogP contribution in [0.2, 0.25) is 0 Å². The topological polar surface area (TPSA) is 117 Å². The lowest BCUT2D eigenvalue weighted by molar-refractivity contribution is 0.160. The summed E-state index contributed by atoms with van der Waals surface area (Å²) in [6.07, 6.45) is -0.909. The van der Waals surface area contributed by atoms with Gasteiger partial charge in [0.15, 0.2) is 0 Å². The Hall–Kier alpha value is -1.67. The molecule has 8 nitrogen and oxygen atoms in total. The van der Waals surface area contributed by atoms with E-state index in [0.717, 1.165) is 0 Å². The van der Waals surface area contributed by atoms with Crippen molar-refractivity contribution < 1.29 is 10.2 Å². The Morgan fingerprint density at radius 1 is 1.27 bits per heavy atom. The highest BCUT2D eigenvalue weighted by Gasteiger charge is 2.10. The van der Waals surface area contributed by atoms with E-state index >= 15 is 0 Å². The first-order valence-electron chi connectivity index (χ1n) is 4.20. The molecule has 15 heavy (non-hydrogen) atoms. The maximum absolute atomic E-state index is 11.4. The number of aromatic amines is 1. The summed E-state index contributed by atoms with van der Waals surface area (Å²) in [7, 11) is 0. The highest BCUT2D eigenvalue weighted by Crippen LogP contribution is 1.80. The quantitative estimate of drug-likeness (QED) is 0.499. The maximum Gasteiger partial charge on any atom is 0.338 e. The number of hydrogen-bond acceptors (Lipinski definition) is 5. The van der Waals surface area contributed by atoms with Gasteiger partial charge < -0.3 is 10.2 Å². The predicted octanol–water partition coefficient (Wildman–Crippen LogP) is -2.97. The van der Waals surface area contributed by atoms with Crippen LogP contribution in [0, 0.1) is 0 Å². The van der Waals surface area contributed by atoms with Gasteiger partial charge in [0.05, 0.1) is 12.6 Å². The van der Waals surface area contributed by atoms with Crippen molar-refractivity contribution in [2.75, 3.05) is 0 Å². The standard InChI is InChI=1S/C7H11N3O5/c1-4(12)2-9-5(13)8-6(14)10(3-11)7(9)15/h4,11-12H,2-3H2,1H3,(H,8,13,14). The highest BCUT2D eigenvalue weighted by molar-refractivity contribution is 4.74. The average Bonchev–Trinajstić information content (AvgIpc) is 2.12. The molecule has 1 rings (SSSR count). The summed E-state index contributed by atoms with van der Waals surface area (Å²) in [6.45, 7) is 0.322. The van der Waals surface area contributed by atoms with Crippen molar-refractivity contribution >= 4 is 0 Å². The van der Waals surface area contributed by atoms with Crippen LogP contribution in [0.25, 0.3) is 0 Å². The van der Waals surface area contributed by atoms with Crippen LogP contribution in [0.1, 0.15) is 6.92 Å². The van der Waals surface area contributed by atoms with E-state index in [1.54, 1.807) is 0 Å². The molecule has 1 aromatic rings. The van der Waals surface area contributed by atoms with Gasteiger partial charge in [0.2, 0.25) is 0 Å². The first kappa shape index (κ1) is 11.4. The molecule has 0 saturated carbocycles. The van der Waals surface area contributed by atoms with Crippen LogP contribution in [0.3, 0.4) is 0 Å². The molecular formula is C7H11N3O5. The molecular weight excluding hydrogens is 206 g/mol. The van der Waals surface area contributed by atoms with Gasteiger partial charge in [-0.1, -0.05) is 0 Å². The van der Waals surface area contributed by atoms with Crippen LogP contribution in [0.15, 0.2) is 14.4 Å². The van der Waals surface area contributed by atoms with Gasteiger partial charge in [-0.2, -0.15) is 0 Å². The molecule has 0 fully saturated rings. The Bertz CT molecular complexity index is 509. The fourth-order valence-electron chi connectivity index (χ4n) is 1.10. The number of nitrogens with one attached hydrogen (secondary N) is 1. The van der Waals surface area contributed by atoms with E-state index in [-0.39, 0.29) is 6.54 Å². The van der Waals surface area contributed by atoms with Crippen molar-refractivity contribution in [2.45, 2.75) is 26.3 Å². The van der Waals surface area contributed by atoms with Gasteiger partial charge in [-0.15, -0.1) is 0 Å². The second kappa shape index (κ2) is 4.24.